The second kappa shape index (κ2) is 2.92. The molecular weight excluding hydrogens is 190 g/mol. The van der Waals surface area contributed by atoms with Crippen LogP contribution in [0.15, 0.2) is 12.1 Å². The Morgan fingerprint density at radius 2 is 2.38 bits per heavy atom. The van der Waals surface area contributed by atoms with E-state index in [1.54, 1.807) is 19.2 Å². The van der Waals surface area contributed by atoms with Gasteiger partial charge in [0.1, 0.15) is 0 Å². The van der Waals surface area contributed by atoms with Crippen molar-refractivity contribution in [3.63, 3.8) is 0 Å². The first-order chi connectivity index (χ1) is 6.20. The van der Waals surface area contributed by atoms with Crippen molar-refractivity contribution in [2.45, 2.75) is 0 Å². The molecule has 1 aliphatic heterocycles. The van der Waals surface area contributed by atoms with Crippen LogP contribution in [-0.2, 0) is 4.79 Å². The number of ether oxygens (including phenoxy) is 1. The lowest BCUT2D eigenvalue weighted by atomic mass is 10.2. The zero-order chi connectivity index (χ0) is 9.42. The summed E-state index contributed by atoms with van der Waals surface area (Å²) in [7, 11) is 1.69. The van der Waals surface area contributed by atoms with E-state index >= 15 is 0 Å². The van der Waals surface area contributed by atoms with Gasteiger partial charge in [0.25, 0.3) is 5.91 Å². The van der Waals surface area contributed by atoms with Crippen molar-refractivity contribution in [1.29, 1.82) is 0 Å². The Hall–Kier alpha value is -1.22. The van der Waals surface area contributed by atoms with Crippen LogP contribution in [0, 0.1) is 6.07 Å². The zero-order valence-corrected chi connectivity index (χ0v) is 7.76. The first kappa shape index (κ1) is 8.38. The van der Waals surface area contributed by atoms with E-state index < -0.39 is 0 Å². The summed E-state index contributed by atoms with van der Waals surface area (Å²) >= 11 is 5.86. The third kappa shape index (κ3) is 1.25. The largest absolute Gasteiger partial charge is 0.480 e. The molecule has 0 N–H and O–H groups in total. The van der Waals surface area contributed by atoms with Crippen molar-refractivity contribution < 1.29 is 9.53 Å². The highest BCUT2D eigenvalue weighted by molar-refractivity contribution is 6.32. The predicted molar refractivity (Wildman–Crippen MR) is 49.2 cm³/mol. The normalized spacial score (nSPS) is 15.2. The molecule has 1 heterocycles. The molecule has 1 aliphatic rings. The van der Waals surface area contributed by atoms with Crippen LogP contribution in [0.5, 0.6) is 5.75 Å². The highest BCUT2D eigenvalue weighted by atomic mass is 35.5. The topological polar surface area (TPSA) is 29.5 Å². The fraction of sp³-hybridized carbons (Fsp3) is 0.222. The number of anilines is 1. The summed E-state index contributed by atoms with van der Waals surface area (Å²) in [6, 6.07) is 6.13. The lowest BCUT2D eigenvalue weighted by molar-refractivity contribution is -0.120. The van der Waals surface area contributed by atoms with Gasteiger partial charge >= 0.3 is 0 Å². The van der Waals surface area contributed by atoms with Crippen LogP contribution in [-0.4, -0.2) is 19.6 Å². The summed E-state index contributed by atoms with van der Waals surface area (Å²) in [5.41, 5.74) is 0.670. The maximum Gasteiger partial charge on any atom is 0.264 e. The van der Waals surface area contributed by atoms with Crippen molar-refractivity contribution in [2.24, 2.45) is 0 Å². The Kier molecular flexibility index (Phi) is 1.88. The van der Waals surface area contributed by atoms with E-state index in [1.807, 2.05) is 0 Å². The predicted octanol–water partition coefficient (Wildman–Crippen LogP) is 1.50. The summed E-state index contributed by atoms with van der Waals surface area (Å²) in [5, 5.41) is 0.483. The summed E-state index contributed by atoms with van der Waals surface area (Å²) < 4.78 is 5.19. The van der Waals surface area contributed by atoms with Gasteiger partial charge in [-0.15, -0.1) is 0 Å². The number of carbonyl (C=O) groups excluding carboxylic acids is 1. The molecule has 1 amide bonds. The van der Waals surface area contributed by atoms with E-state index in [1.165, 1.54) is 4.90 Å². The van der Waals surface area contributed by atoms with Crippen LogP contribution in [0.25, 0.3) is 0 Å². The number of likely N-dealkylation sites (N-methyl/N-ethyl adjacent to an activating group) is 1. The van der Waals surface area contributed by atoms with Gasteiger partial charge in [-0.25, -0.2) is 0 Å². The van der Waals surface area contributed by atoms with Gasteiger partial charge in [0.15, 0.2) is 12.4 Å². The molecule has 0 atom stereocenters. The van der Waals surface area contributed by atoms with E-state index in [2.05, 4.69) is 6.07 Å². The second-order valence-corrected chi connectivity index (χ2v) is 3.17. The summed E-state index contributed by atoms with van der Waals surface area (Å²) in [6.07, 6.45) is 0. The Labute approximate surface area is 80.9 Å². The number of halogens is 1. The Morgan fingerprint density at radius 3 is 3.15 bits per heavy atom. The number of amides is 1. The average Bonchev–Trinajstić information content (AvgIpc) is 2.12. The van der Waals surface area contributed by atoms with Crippen molar-refractivity contribution in [3.8, 4) is 5.75 Å². The van der Waals surface area contributed by atoms with Crippen LogP contribution in [0.3, 0.4) is 0 Å². The molecule has 4 heteroatoms. The molecule has 0 aliphatic carbocycles. The number of carbonyl (C=O) groups is 1. The van der Waals surface area contributed by atoms with Crippen LogP contribution in [0.2, 0.25) is 5.02 Å². The summed E-state index contributed by atoms with van der Waals surface area (Å²) in [4.78, 5) is 12.7. The third-order valence-corrected chi connectivity index (χ3v) is 2.24. The minimum atomic E-state index is -0.0804. The van der Waals surface area contributed by atoms with Crippen molar-refractivity contribution in [1.82, 2.24) is 0 Å². The number of hydrogen-bond acceptors (Lipinski definition) is 2. The molecule has 0 bridgehead atoms. The Bertz CT molecular complexity index is 365. The smallest absolute Gasteiger partial charge is 0.264 e. The molecule has 0 unspecified atom stereocenters. The molecule has 1 radical (unpaired) electrons. The molecule has 0 spiro atoms. The lowest BCUT2D eigenvalue weighted by Gasteiger charge is -2.26. The van der Waals surface area contributed by atoms with E-state index in [9.17, 15) is 4.79 Å². The van der Waals surface area contributed by atoms with E-state index in [-0.39, 0.29) is 12.5 Å². The molecule has 0 aromatic heterocycles. The van der Waals surface area contributed by atoms with Gasteiger partial charge < -0.3 is 9.64 Å². The van der Waals surface area contributed by atoms with Gasteiger partial charge in [0.05, 0.1) is 10.7 Å². The van der Waals surface area contributed by atoms with Gasteiger partial charge in [-0.2, -0.15) is 0 Å². The Balaban J connectivity index is 2.55. The number of nitrogens with zero attached hydrogens (tertiary/aromatic N) is 1. The minimum absolute atomic E-state index is 0.0488. The van der Waals surface area contributed by atoms with Crippen LogP contribution in [0.4, 0.5) is 5.69 Å². The quantitative estimate of drug-likeness (QED) is 0.629. The van der Waals surface area contributed by atoms with E-state index in [0.717, 1.165) is 0 Å². The molecular formula is C9H7ClNO2. The van der Waals surface area contributed by atoms with Crippen molar-refractivity contribution >= 4 is 23.2 Å². The second-order valence-electron chi connectivity index (χ2n) is 2.76. The molecule has 0 saturated heterocycles. The highest BCUT2D eigenvalue weighted by Crippen LogP contribution is 2.36. The van der Waals surface area contributed by atoms with E-state index in [4.69, 9.17) is 16.3 Å². The maximum absolute atomic E-state index is 11.2. The van der Waals surface area contributed by atoms with Gasteiger partial charge in [-0.1, -0.05) is 11.6 Å². The standard InChI is InChI=1S/C9H7ClNO2/c1-11-7-4-2-3-6(10)9(7)13-5-8(11)12/h3-4H,5H2,1H3. The molecule has 3 nitrogen and oxygen atoms in total. The van der Waals surface area contributed by atoms with Gasteiger partial charge in [-0.05, 0) is 18.2 Å². The minimum Gasteiger partial charge on any atom is -0.480 e. The van der Waals surface area contributed by atoms with Crippen LogP contribution in [0.1, 0.15) is 0 Å². The monoisotopic (exact) mass is 196 g/mol. The third-order valence-electron chi connectivity index (χ3n) is 1.96. The summed E-state index contributed by atoms with van der Waals surface area (Å²) in [5.74, 6) is 0.477. The fourth-order valence-electron chi connectivity index (χ4n) is 1.20. The van der Waals surface area contributed by atoms with Gasteiger partial charge in [0.2, 0.25) is 0 Å². The Morgan fingerprint density at radius 1 is 1.62 bits per heavy atom. The highest BCUT2D eigenvalue weighted by Gasteiger charge is 2.23. The molecule has 2 rings (SSSR count). The number of benzene rings is 1. The molecule has 1 aromatic rings. The molecule has 1 aromatic carbocycles. The van der Waals surface area contributed by atoms with Crippen molar-refractivity contribution in [2.75, 3.05) is 18.6 Å². The van der Waals surface area contributed by atoms with E-state index in [0.29, 0.717) is 16.5 Å². The molecule has 67 valence electrons. The molecule has 0 saturated carbocycles. The van der Waals surface area contributed by atoms with Crippen LogP contribution < -0.4 is 9.64 Å². The van der Waals surface area contributed by atoms with Gasteiger partial charge in [-0.3, -0.25) is 4.79 Å². The molecule has 13 heavy (non-hydrogen) atoms. The first-order valence-electron chi connectivity index (χ1n) is 3.79. The zero-order valence-electron chi connectivity index (χ0n) is 7.00. The SMILES string of the molecule is CN1C(=O)COc2c(Cl)c[c]cc21. The fourth-order valence-corrected chi connectivity index (χ4v) is 1.42. The van der Waals surface area contributed by atoms with Crippen LogP contribution >= 0.6 is 11.6 Å². The number of fused-ring (bicyclic) bond motifs is 1. The lowest BCUT2D eigenvalue weighted by Crippen LogP contribution is -2.35. The average molecular weight is 197 g/mol. The van der Waals surface area contributed by atoms with Crippen molar-refractivity contribution in [3.05, 3.63) is 23.2 Å². The van der Waals surface area contributed by atoms with Gasteiger partial charge in [0, 0.05) is 7.05 Å². The molecule has 0 fully saturated rings. The number of hydrogen-bond donors (Lipinski definition) is 0. The maximum atomic E-state index is 11.2. The first-order valence-corrected chi connectivity index (χ1v) is 4.17. The number of rotatable bonds is 0. The summed E-state index contributed by atoms with van der Waals surface area (Å²) in [6.45, 7) is 0.0488.